The van der Waals surface area contributed by atoms with Gasteiger partial charge >= 0.3 is 0 Å². The minimum Gasteiger partial charge on any atom is -0.454 e. The number of hydrogen-bond donors (Lipinski definition) is 1. The van der Waals surface area contributed by atoms with Crippen molar-refractivity contribution in [2.75, 3.05) is 25.2 Å². The standard InChI is InChI=1S/C16H18N4O3/c1-3-20(4-2)15(21)11-8-17-16(18-9-11)19-12-5-6-13-14(7-12)23-10-22-13/h5-9H,3-4,10H2,1-2H3,(H,17,18,19). The topological polar surface area (TPSA) is 76.6 Å². The summed E-state index contributed by atoms with van der Waals surface area (Å²) < 4.78 is 10.6. The van der Waals surface area contributed by atoms with Crippen LogP contribution in [0.1, 0.15) is 24.2 Å². The lowest BCUT2D eigenvalue weighted by Crippen LogP contribution is -2.30. The molecule has 1 N–H and O–H groups in total. The number of hydrogen-bond acceptors (Lipinski definition) is 6. The summed E-state index contributed by atoms with van der Waals surface area (Å²) in [6.45, 7) is 5.44. The quantitative estimate of drug-likeness (QED) is 0.913. The van der Waals surface area contributed by atoms with Gasteiger partial charge < -0.3 is 19.7 Å². The van der Waals surface area contributed by atoms with Gasteiger partial charge in [-0.15, -0.1) is 0 Å². The first-order chi connectivity index (χ1) is 11.2. The number of benzene rings is 1. The molecule has 0 saturated heterocycles. The SMILES string of the molecule is CCN(CC)C(=O)c1cnc(Nc2ccc3c(c2)OCO3)nc1. The molecule has 0 saturated carbocycles. The second kappa shape index (κ2) is 6.51. The van der Waals surface area contributed by atoms with Gasteiger partial charge in [0, 0.05) is 37.2 Å². The number of nitrogens with zero attached hydrogens (tertiary/aromatic N) is 3. The number of anilines is 2. The van der Waals surface area contributed by atoms with E-state index < -0.39 is 0 Å². The molecule has 23 heavy (non-hydrogen) atoms. The zero-order valence-electron chi connectivity index (χ0n) is 13.1. The Bertz CT molecular complexity index is 699. The van der Waals surface area contributed by atoms with Gasteiger partial charge in [0.25, 0.3) is 5.91 Å². The summed E-state index contributed by atoms with van der Waals surface area (Å²) in [4.78, 5) is 22.3. The van der Waals surface area contributed by atoms with Crippen LogP contribution in [0.25, 0.3) is 0 Å². The second-order valence-electron chi connectivity index (χ2n) is 4.97. The molecule has 0 unspecified atom stereocenters. The fourth-order valence-corrected chi connectivity index (χ4v) is 2.30. The zero-order valence-corrected chi connectivity index (χ0v) is 13.1. The summed E-state index contributed by atoms with van der Waals surface area (Å²) in [6, 6.07) is 5.50. The molecular weight excluding hydrogens is 296 g/mol. The molecule has 3 rings (SSSR count). The number of rotatable bonds is 5. The van der Waals surface area contributed by atoms with Gasteiger partial charge in [0.05, 0.1) is 5.56 Å². The molecule has 0 radical (unpaired) electrons. The predicted octanol–water partition coefficient (Wildman–Crippen LogP) is 2.43. The van der Waals surface area contributed by atoms with Crippen molar-refractivity contribution >= 4 is 17.5 Å². The Hall–Kier alpha value is -2.83. The van der Waals surface area contributed by atoms with Crippen molar-refractivity contribution in [1.29, 1.82) is 0 Å². The molecule has 120 valence electrons. The van der Waals surface area contributed by atoms with E-state index in [2.05, 4.69) is 15.3 Å². The first-order valence-electron chi connectivity index (χ1n) is 7.49. The van der Waals surface area contributed by atoms with E-state index in [1.807, 2.05) is 32.0 Å². The molecule has 2 heterocycles. The Morgan fingerprint density at radius 2 is 1.87 bits per heavy atom. The van der Waals surface area contributed by atoms with Crippen LogP contribution in [0.2, 0.25) is 0 Å². The number of nitrogens with one attached hydrogen (secondary N) is 1. The summed E-state index contributed by atoms with van der Waals surface area (Å²) in [7, 11) is 0. The third kappa shape index (κ3) is 3.18. The molecule has 0 aliphatic carbocycles. The molecular formula is C16H18N4O3. The molecule has 1 aromatic carbocycles. The number of carbonyl (C=O) groups is 1. The minimum absolute atomic E-state index is 0.0652. The van der Waals surface area contributed by atoms with Crippen LogP contribution < -0.4 is 14.8 Å². The van der Waals surface area contributed by atoms with Crippen LogP contribution >= 0.6 is 0 Å². The Labute approximate surface area is 134 Å². The van der Waals surface area contributed by atoms with Crippen molar-refractivity contribution in [3.8, 4) is 11.5 Å². The molecule has 0 bridgehead atoms. The molecule has 1 aliphatic heterocycles. The van der Waals surface area contributed by atoms with Gasteiger partial charge in [0.2, 0.25) is 12.7 Å². The molecule has 0 atom stereocenters. The van der Waals surface area contributed by atoms with Gasteiger partial charge in [-0.05, 0) is 26.0 Å². The smallest absolute Gasteiger partial charge is 0.256 e. The summed E-state index contributed by atoms with van der Waals surface area (Å²) in [6.07, 6.45) is 3.06. The summed E-state index contributed by atoms with van der Waals surface area (Å²) in [5.41, 5.74) is 1.27. The van der Waals surface area contributed by atoms with Gasteiger partial charge in [-0.25, -0.2) is 9.97 Å². The number of amides is 1. The highest BCUT2D eigenvalue weighted by molar-refractivity contribution is 5.93. The van der Waals surface area contributed by atoms with Crippen molar-refractivity contribution in [2.45, 2.75) is 13.8 Å². The van der Waals surface area contributed by atoms with E-state index in [-0.39, 0.29) is 12.7 Å². The van der Waals surface area contributed by atoms with E-state index in [9.17, 15) is 4.79 Å². The number of fused-ring (bicyclic) bond motifs is 1. The van der Waals surface area contributed by atoms with E-state index in [0.29, 0.717) is 30.4 Å². The molecule has 7 heteroatoms. The minimum atomic E-state index is -0.0652. The van der Waals surface area contributed by atoms with Crippen LogP contribution in [-0.2, 0) is 0 Å². The van der Waals surface area contributed by atoms with Crippen LogP contribution in [0.3, 0.4) is 0 Å². The molecule has 0 spiro atoms. The van der Waals surface area contributed by atoms with Crippen LogP contribution in [0.4, 0.5) is 11.6 Å². The van der Waals surface area contributed by atoms with Crippen molar-refractivity contribution in [1.82, 2.24) is 14.9 Å². The van der Waals surface area contributed by atoms with Gasteiger partial charge in [0.15, 0.2) is 11.5 Å². The fraction of sp³-hybridized carbons (Fsp3) is 0.312. The van der Waals surface area contributed by atoms with Crippen molar-refractivity contribution in [2.24, 2.45) is 0 Å². The van der Waals surface area contributed by atoms with Gasteiger partial charge in [-0.3, -0.25) is 4.79 Å². The Morgan fingerprint density at radius 1 is 1.17 bits per heavy atom. The van der Waals surface area contributed by atoms with Gasteiger partial charge in [-0.2, -0.15) is 0 Å². The zero-order chi connectivity index (χ0) is 16.2. The molecule has 1 aromatic heterocycles. The van der Waals surface area contributed by atoms with Crippen LogP contribution in [-0.4, -0.2) is 40.7 Å². The van der Waals surface area contributed by atoms with Crippen molar-refractivity contribution in [3.63, 3.8) is 0 Å². The highest BCUT2D eigenvalue weighted by Crippen LogP contribution is 2.34. The summed E-state index contributed by atoms with van der Waals surface area (Å²) >= 11 is 0. The summed E-state index contributed by atoms with van der Waals surface area (Å²) in [5, 5.41) is 3.07. The number of aromatic nitrogens is 2. The lowest BCUT2D eigenvalue weighted by atomic mass is 10.3. The van der Waals surface area contributed by atoms with Crippen molar-refractivity contribution < 1.29 is 14.3 Å². The van der Waals surface area contributed by atoms with E-state index in [1.165, 1.54) is 12.4 Å². The molecule has 2 aromatic rings. The van der Waals surface area contributed by atoms with Crippen LogP contribution in [0.5, 0.6) is 11.5 Å². The van der Waals surface area contributed by atoms with E-state index in [0.717, 1.165) is 11.4 Å². The maximum Gasteiger partial charge on any atom is 0.256 e. The Balaban J connectivity index is 1.71. The third-order valence-corrected chi connectivity index (χ3v) is 3.58. The first-order valence-corrected chi connectivity index (χ1v) is 7.49. The first kappa shape index (κ1) is 15.1. The largest absolute Gasteiger partial charge is 0.454 e. The highest BCUT2D eigenvalue weighted by Gasteiger charge is 2.15. The van der Waals surface area contributed by atoms with E-state index in [1.54, 1.807) is 4.90 Å². The Kier molecular flexibility index (Phi) is 4.27. The van der Waals surface area contributed by atoms with Crippen LogP contribution in [0.15, 0.2) is 30.6 Å². The lowest BCUT2D eigenvalue weighted by Gasteiger charge is -2.18. The third-order valence-electron chi connectivity index (χ3n) is 3.58. The maximum absolute atomic E-state index is 12.2. The molecule has 1 amide bonds. The highest BCUT2D eigenvalue weighted by atomic mass is 16.7. The molecule has 7 nitrogen and oxygen atoms in total. The van der Waals surface area contributed by atoms with Gasteiger partial charge in [0.1, 0.15) is 0 Å². The summed E-state index contributed by atoms with van der Waals surface area (Å²) in [5.74, 6) is 1.75. The molecule has 0 fully saturated rings. The monoisotopic (exact) mass is 314 g/mol. The second-order valence-corrected chi connectivity index (χ2v) is 4.97. The van der Waals surface area contributed by atoms with E-state index in [4.69, 9.17) is 9.47 Å². The van der Waals surface area contributed by atoms with Crippen molar-refractivity contribution in [3.05, 3.63) is 36.2 Å². The van der Waals surface area contributed by atoms with Gasteiger partial charge in [-0.1, -0.05) is 0 Å². The van der Waals surface area contributed by atoms with E-state index >= 15 is 0 Å². The predicted molar refractivity (Wildman–Crippen MR) is 85.1 cm³/mol. The number of ether oxygens (including phenoxy) is 2. The average Bonchev–Trinajstić information content (AvgIpc) is 3.04. The average molecular weight is 314 g/mol. The normalized spacial score (nSPS) is 12.1. The molecule has 1 aliphatic rings. The maximum atomic E-state index is 12.2. The fourth-order valence-electron chi connectivity index (χ4n) is 2.30. The Morgan fingerprint density at radius 3 is 2.57 bits per heavy atom. The number of carbonyl (C=O) groups excluding carboxylic acids is 1. The lowest BCUT2D eigenvalue weighted by molar-refractivity contribution is 0.0772. The van der Waals surface area contributed by atoms with Crippen LogP contribution in [0, 0.1) is 0 Å².